The topological polar surface area (TPSA) is 69.3 Å². The zero-order valence-electron chi connectivity index (χ0n) is 22.8. The van der Waals surface area contributed by atoms with E-state index in [-0.39, 0.29) is 37.4 Å². The fourth-order valence-corrected chi connectivity index (χ4v) is 4.35. The van der Waals surface area contributed by atoms with Gasteiger partial charge in [-0.3, -0.25) is 9.69 Å². The number of benzene rings is 2. The molecule has 1 N–H and O–H groups in total. The van der Waals surface area contributed by atoms with Gasteiger partial charge in [-0.2, -0.15) is 0 Å². The normalized spacial score (nSPS) is 14.5. The van der Waals surface area contributed by atoms with Crippen molar-refractivity contribution in [2.24, 2.45) is 0 Å². The van der Waals surface area contributed by atoms with Gasteiger partial charge in [0.25, 0.3) is 5.91 Å². The Labute approximate surface area is 224 Å². The first-order valence-electron chi connectivity index (χ1n) is 13.3. The number of piperidine rings is 1. The van der Waals surface area contributed by atoms with E-state index in [1.54, 1.807) is 12.1 Å². The molecule has 2 aromatic carbocycles. The Morgan fingerprint density at radius 1 is 0.842 bits per heavy atom. The van der Waals surface area contributed by atoms with Crippen LogP contribution in [0.5, 0.6) is 23.0 Å². The van der Waals surface area contributed by atoms with Gasteiger partial charge in [0, 0.05) is 43.4 Å². The number of ether oxygens (including phenoxy) is 4. The third-order valence-corrected chi connectivity index (χ3v) is 5.85. The molecule has 38 heavy (non-hydrogen) atoms. The lowest BCUT2D eigenvalue weighted by Gasteiger charge is -2.32. The molecule has 210 valence electrons. The molecular formula is C29H40F2N2O5. The molecule has 1 aliphatic rings. The van der Waals surface area contributed by atoms with Crippen molar-refractivity contribution >= 4 is 5.91 Å². The molecular weight excluding hydrogens is 494 g/mol. The van der Waals surface area contributed by atoms with Gasteiger partial charge in [0.05, 0.1) is 12.2 Å². The van der Waals surface area contributed by atoms with Crippen molar-refractivity contribution in [2.45, 2.75) is 65.3 Å². The molecule has 0 saturated carbocycles. The predicted molar refractivity (Wildman–Crippen MR) is 143 cm³/mol. The highest BCUT2D eigenvalue weighted by molar-refractivity contribution is 5.95. The average molecular weight is 535 g/mol. The predicted octanol–water partition coefficient (Wildman–Crippen LogP) is 5.35. The molecule has 1 fully saturated rings. The molecule has 0 atom stereocenters. The quantitative estimate of drug-likeness (QED) is 0.352. The van der Waals surface area contributed by atoms with E-state index in [1.165, 1.54) is 6.07 Å². The van der Waals surface area contributed by atoms with Gasteiger partial charge >= 0.3 is 0 Å². The summed E-state index contributed by atoms with van der Waals surface area (Å²) in [4.78, 5) is 15.3. The second-order valence-electron chi connectivity index (χ2n) is 9.94. The maximum atomic E-state index is 13.0. The maximum absolute atomic E-state index is 13.0. The molecule has 1 aliphatic heterocycles. The molecule has 0 aromatic heterocycles. The van der Waals surface area contributed by atoms with Crippen LogP contribution in [0.3, 0.4) is 0 Å². The number of carbonyl (C=O) groups excluding carboxylic acids is 1. The van der Waals surface area contributed by atoms with E-state index in [0.29, 0.717) is 17.1 Å². The van der Waals surface area contributed by atoms with E-state index in [9.17, 15) is 13.6 Å². The Morgan fingerprint density at radius 3 is 1.82 bits per heavy atom. The second-order valence-corrected chi connectivity index (χ2v) is 9.94. The smallest absolute Gasteiger partial charge is 0.251 e. The molecule has 9 heteroatoms. The van der Waals surface area contributed by atoms with Crippen LogP contribution >= 0.6 is 0 Å². The van der Waals surface area contributed by atoms with Crippen LogP contribution < -0.4 is 24.3 Å². The summed E-state index contributed by atoms with van der Waals surface area (Å²) in [5.41, 5.74) is 1.45. The Morgan fingerprint density at radius 2 is 1.34 bits per heavy atom. The second kappa shape index (κ2) is 14.8. The summed E-state index contributed by atoms with van der Waals surface area (Å²) in [5.74, 6) is 1.94. The molecule has 0 unspecified atom stereocenters. The van der Waals surface area contributed by atoms with Gasteiger partial charge in [-0.25, -0.2) is 8.78 Å². The van der Waals surface area contributed by atoms with Crippen LogP contribution in [0, 0.1) is 0 Å². The van der Waals surface area contributed by atoms with E-state index < -0.39 is 13.3 Å². The minimum atomic E-state index is -0.656. The van der Waals surface area contributed by atoms with Crippen LogP contribution in [0.1, 0.15) is 56.5 Å². The van der Waals surface area contributed by atoms with Crippen LogP contribution in [0.25, 0.3) is 0 Å². The summed E-state index contributed by atoms with van der Waals surface area (Å²) in [6, 6.07) is 10.7. The number of alkyl halides is 2. The summed E-state index contributed by atoms with van der Waals surface area (Å²) in [7, 11) is 0. The van der Waals surface area contributed by atoms with Gasteiger partial charge in [0.15, 0.2) is 0 Å². The lowest BCUT2D eigenvalue weighted by molar-refractivity contribution is 0.0907. The fraction of sp³-hybridized carbons (Fsp3) is 0.552. The van der Waals surface area contributed by atoms with Crippen molar-refractivity contribution in [2.75, 3.05) is 39.7 Å². The highest BCUT2D eigenvalue weighted by Crippen LogP contribution is 2.27. The lowest BCUT2D eigenvalue weighted by Crippen LogP contribution is -2.44. The Balaban J connectivity index is 1.59. The summed E-state index contributed by atoms with van der Waals surface area (Å²) in [5, 5.41) is 3.08. The molecule has 0 aliphatic carbocycles. The number of nitrogens with zero attached hydrogens (tertiary/aromatic N) is 1. The van der Waals surface area contributed by atoms with Crippen LogP contribution in [-0.4, -0.2) is 68.7 Å². The van der Waals surface area contributed by atoms with Gasteiger partial charge in [0.2, 0.25) is 0 Å². The van der Waals surface area contributed by atoms with E-state index in [4.69, 9.17) is 18.9 Å². The minimum Gasteiger partial charge on any atom is -0.491 e. The van der Waals surface area contributed by atoms with Crippen LogP contribution in [0.15, 0.2) is 36.4 Å². The first-order valence-corrected chi connectivity index (χ1v) is 13.3. The minimum absolute atomic E-state index is 0.0137. The number of halogens is 2. The van der Waals surface area contributed by atoms with Crippen LogP contribution in [-0.2, 0) is 6.54 Å². The summed E-state index contributed by atoms with van der Waals surface area (Å²) in [6.45, 7) is 8.82. The molecule has 7 nitrogen and oxygen atoms in total. The highest BCUT2D eigenvalue weighted by atomic mass is 19.1. The number of rotatable bonds is 14. The Bertz CT molecular complexity index is 972. The van der Waals surface area contributed by atoms with Gasteiger partial charge in [0.1, 0.15) is 49.6 Å². The maximum Gasteiger partial charge on any atom is 0.251 e. The average Bonchev–Trinajstić information content (AvgIpc) is 2.86. The Kier molecular flexibility index (Phi) is 11.5. The number of nitrogens with one attached hydrogen (secondary N) is 1. The third kappa shape index (κ3) is 9.67. The summed E-state index contributed by atoms with van der Waals surface area (Å²) < 4.78 is 47.6. The van der Waals surface area contributed by atoms with Gasteiger partial charge in [-0.15, -0.1) is 0 Å². The van der Waals surface area contributed by atoms with E-state index in [1.807, 2.05) is 33.8 Å². The SMILES string of the molecule is CC(C)Oc1cc(CN2CCC(NC(=O)c3cc(OCCF)cc(OCCF)c3)CC2)cc(OC(C)C)c1. The zero-order chi connectivity index (χ0) is 27.5. The monoisotopic (exact) mass is 534 g/mol. The first kappa shape index (κ1) is 29.5. The summed E-state index contributed by atoms with van der Waals surface area (Å²) >= 11 is 0. The molecule has 1 saturated heterocycles. The van der Waals surface area contributed by atoms with Gasteiger partial charge < -0.3 is 24.3 Å². The van der Waals surface area contributed by atoms with Crippen LogP contribution in [0.4, 0.5) is 8.78 Å². The van der Waals surface area contributed by atoms with Crippen molar-refractivity contribution in [3.63, 3.8) is 0 Å². The number of amides is 1. The number of carbonyl (C=O) groups is 1. The molecule has 0 spiro atoms. The summed E-state index contributed by atoms with van der Waals surface area (Å²) in [6.07, 6.45) is 1.73. The first-order chi connectivity index (χ1) is 18.2. The standard InChI is InChI=1S/C29H40F2N2O5/c1-20(2)37-27-13-22(14-28(18-27)38-21(3)4)19-33-9-5-24(6-10-33)32-29(34)23-15-25(35-11-7-30)17-26(16-23)36-12-8-31/h13-18,20-21,24H,5-12,19H2,1-4H3,(H,32,34). The van der Waals surface area contributed by atoms with Crippen molar-refractivity contribution in [3.8, 4) is 23.0 Å². The number of likely N-dealkylation sites (tertiary alicyclic amines) is 1. The van der Waals surface area contributed by atoms with Crippen molar-refractivity contribution < 1.29 is 32.5 Å². The Hall–Kier alpha value is -3.07. The van der Waals surface area contributed by atoms with Crippen molar-refractivity contribution in [1.29, 1.82) is 0 Å². The van der Waals surface area contributed by atoms with E-state index in [2.05, 4.69) is 22.3 Å². The van der Waals surface area contributed by atoms with E-state index in [0.717, 1.165) is 49.5 Å². The largest absolute Gasteiger partial charge is 0.491 e. The third-order valence-electron chi connectivity index (χ3n) is 5.85. The van der Waals surface area contributed by atoms with Crippen LogP contribution in [0.2, 0.25) is 0 Å². The fourth-order valence-electron chi connectivity index (χ4n) is 4.35. The lowest BCUT2D eigenvalue weighted by atomic mass is 10.0. The highest BCUT2D eigenvalue weighted by Gasteiger charge is 2.22. The molecule has 3 rings (SSSR count). The zero-order valence-corrected chi connectivity index (χ0v) is 22.8. The number of hydrogen-bond acceptors (Lipinski definition) is 6. The van der Waals surface area contributed by atoms with Crippen molar-refractivity contribution in [3.05, 3.63) is 47.5 Å². The molecule has 0 bridgehead atoms. The molecule has 1 heterocycles. The molecule has 2 aromatic rings. The van der Waals surface area contributed by atoms with E-state index >= 15 is 0 Å². The molecule has 0 radical (unpaired) electrons. The van der Waals surface area contributed by atoms with Crippen molar-refractivity contribution in [1.82, 2.24) is 10.2 Å². The van der Waals surface area contributed by atoms with Gasteiger partial charge in [-0.1, -0.05) is 0 Å². The molecule has 1 amide bonds. The van der Waals surface area contributed by atoms with Gasteiger partial charge in [-0.05, 0) is 70.4 Å². The number of hydrogen-bond donors (Lipinski definition) is 1.